The fraction of sp³-hybridized carbons (Fsp3) is 0. The Labute approximate surface area is 101 Å². The molecule has 1 N–H and O–H groups in total. The largest absolute Gasteiger partial charge is 0.294 e. The van der Waals surface area contributed by atoms with Gasteiger partial charge in [-0.05, 0) is 24.1 Å². The molecule has 2 rings (SSSR count). The molecule has 0 aliphatic heterocycles. The lowest BCUT2D eigenvalue weighted by Gasteiger charge is -2.03. The zero-order valence-corrected chi connectivity index (χ0v) is 9.42. The lowest BCUT2D eigenvalue weighted by molar-refractivity contribution is -0.387. The fourth-order valence-electron chi connectivity index (χ4n) is 1.15. The van der Waals surface area contributed by atoms with Crippen molar-refractivity contribution >= 4 is 23.6 Å². The van der Waals surface area contributed by atoms with Crippen molar-refractivity contribution in [1.82, 2.24) is 9.97 Å². The lowest BCUT2D eigenvalue weighted by atomic mass is 10.3. The van der Waals surface area contributed by atoms with Crippen LogP contribution in [0.5, 0.6) is 0 Å². The number of nitro groups is 1. The second-order valence-electron chi connectivity index (χ2n) is 3.00. The monoisotopic (exact) mass is 248 g/mol. The average Bonchev–Trinajstić information content (AvgIpc) is 2.38. The van der Waals surface area contributed by atoms with Crippen molar-refractivity contribution in [1.29, 1.82) is 0 Å². The summed E-state index contributed by atoms with van der Waals surface area (Å²) in [5, 5.41) is 10.8. The van der Waals surface area contributed by atoms with Crippen molar-refractivity contribution in [3.63, 3.8) is 0 Å². The number of anilines is 1. The molecular weight excluding hydrogens is 240 g/mol. The molecule has 0 spiro atoms. The second kappa shape index (κ2) is 5.26. The third kappa shape index (κ3) is 2.91. The summed E-state index contributed by atoms with van der Waals surface area (Å²) >= 11 is 1.11. The molecule has 6 nitrogen and oxygen atoms in total. The van der Waals surface area contributed by atoms with Crippen LogP contribution in [0.25, 0.3) is 0 Å². The zero-order chi connectivity index (χ0) is 12.1. The molecule has 0 unspecified atom stereocenters. The summed E-state index contributed by atoms with van der Waals surface area (Å²) in [6.07, 6.45) is 3.19. The molecule has 7 heteroatoms. The van der Waals surface area contributed by atoms with E-state index in [2.05, 4.69) is 14.7 Å². The molecular formula is C10H8N4O2S. The van der Waals surface area contributed by atoms with Crippen LogP contribution in [0.4, 0.5) is 11.6 Å². The normalized spacial score (nSPS) is 9.88. The number of rotatable bonds is 4. The van der Waals surface area contributed by atoms with E-state index in [4.69, 9.17) is 0 Å². The highest BCUT2D eigenvalue weighted by Gasteiger charge is 2.12. The Bertz CT molecular complexity index is 521. The molecule has 0 bridgehead atoms. The Morgan fingerprint density at radius 2 is 1.88 bits per heavy atom. The van der Waals surface area contributed by atoms with E-state index in [-0.39, 0.29) is 5.69 Å². The minimum absolute atomic E-state index is 0.0564. The second-order valence-corrected chi connectivity index (χ2v) is 3.85. The minimum atomic E-state index is -0.421. The summed E-state index contributed by atoms with van der Waals surface area (Å²) < 4.78 is 2.85. The van der Waals surface area contributed by atoms with Crippen molar-refractivity contribution in [2.75, 3.05) is 4.72 Å². The van der Waals surface area contributed by atoms with Gasteiger partial charge in [0.05, 0.1) is 4.92 Å². The molecule has 17 heavy (non-hydrogen) atoms. The van der Waals surface area contributed by atoms with Crippen molar-refractivity contribution in [2.24, 2.45) is 0 Å². The maximum Gasteiger partial charge on any atom is 0.284 e. The maximum absolute atomic E-state index is 10.8. The van der Waals surface area contributed by atoms with Crippen molar-refractivity contribution in [3.05, 3.63) is 52.8 Å². The van der Waals surface area contributed by atoms with Crippen LogP contribution in [0.15, 0.2) is 47.6 Å². The fourth-order valence-corrected chi connectivity index (χ4v) is 1.85. The Morgan fingerprint density at radius 3 is 2.59 bits per heavy atom. The third-order valence-electron chi connectivity index (χ3n) is 1.88. The molecule has 0 atom stereocenters. The Kier molecular flexibility index (Phi) is 3.51. The Balaban J connectivity index is 2.12. The lowest BCUT2D eigenvalue weighted by Crippen LogP contribution is -1.95. The molecule has 86 valence electrons. The number of para-hydroxylation sites is 1. The predicted molar refractivity (Wildman–Crippen MR) is 64.6 cm³/mol. The first-order valence-corrected chi connectivity index (χ1v) is 5.52. The number of nitro benzene ring substituents is 1. The number of benzene rings is 1. The number of nitrogens with zero attached hydrogens (tertiary/aromatic N) is 3. The van der Waals surface area contributed by atoms with Gasteiger partial charge < -0.3 is 0 Å². The highest BCUT2D eigenvalue weighted by atomic mass is 32.2. The van der Waals surface area contributed by atoms with Gasteiger partial charge in [0.15, 0.2) is 0 Å². The standard InChI is InChI=1S/C10H8N4O2S/c15-14(16)8-4-1-2-5-9(8)17-13-10-11-6-3-7-12-10/h1-7H,(H,11,12,13). The first-order chi connectivity index (χ1) is 8.27. The minimum Gasteiger partial charge on any atom is -0.294 e. The predicted octanol–water partition coefficient (Wildman–Crippen LogP) is 2.50. The van der Waals surface area contributed by atoms with Gasteiger partial charge in [-0.15, -0.1) is 0 Å². The summed E-state index contributed by atoms with van der Waals surface area (Å²) in [5.41, 5.74) is 0.0564. The van der Waals surface area contributed by atoms with E-state index in [9.17, 15) is 10.1 Å². The quantitative estimate of drug-likeness (QED) is 0.508. The summed E-state index contributed by atoms with van der Waals surface area (Å²) in [7, 11) is 0. The first-order valence-electron chi connectivity index (χ1n) is 4.70. The molecule has 0 saturated heterocycles. The summed E-state index contributed by atoms with van der Waals surface area (Å²) in [4.78, 5) is 18.8. The molecule has 1 aromatic carbocycles. The molecule has 0 radical (unpaired) electrons. The average molecular weight is 248 g/mol. The van der Waals surface area contributed by atoms with Crippen molar-refractivity contribution in [2.45, 2.75) is 4.90 Å². The number of hydrogen-bond donors (Lipinski definition) is 1. The van der Waals surface area contributed by atoms with E-state index in [1.54, 1.807) is 36.7 Å². The van der Waals surface area contributed by atoms with E-state index in [0.717, 1.165) is 11.9 Å². The Hall–Kier alpha value is -2.15. The summed E-state index contributed by atoms with van der Waals surface area (Å²) in [6, 6.07) is 8.18. The molecule has 0 amide bonds. The van der Waals surface area contributed by atoms with Gasteiger partial charge in [-0.3, -0.25) is 14.8 Å². The summed E-state index contributed by atoms with van der Waals surface area (Å²) in [6.45, 7) is 0. The van der Waals surface area contributed by atoms with Gasteiger partial charge in [-0.1, -0.05) is 12.1 Å². The van der Waals surface area contributed by atoms with E-state index in [1.807, 2.05) is 0 Å². The van der Waals surface area contributed by atoms with Gasteiger partial charge >= 0.3 is 0 Å². The van der Waals surface area contributed by atoms with Crippen LogP contribution in [0.3, 0.4) is 0 Å². The van der Waals surface area contributed by atoms with Gasteiger partial charge in [0.1, 0.15) is 4.90 Å². The molecule has 0 aliphatic rings. The van der Waals surface area contributed by atoms with Gasteiger partial charge in [0.2, 0.25) is 5.95 Å². The third-order valence-corrected chi connectivity index (χ3v) is 2.73. The van der Waals surface area contributed by atoms with Crippen molar-refractivity contribution in [3.8, 4) is 0 Å². The van der Waals surface area contributed by atoms with E-state index >= 15 is 0 Å². The molecule has 1 heterocycles. The van der Waals surface area contributed by atoms with Gasteiger partial charge in [0.25, 0.3) is 5.69 Å². The highest BCUT2D eigenvalue weighted by Crippen LogP contribution is 2.28. The first kappa shape index (κ1) is 11.3. The van der Waals surface area contributed by atoms with Crippen LogP contribution in [0.1, 0.15) is 0 Å². The molecule has 0 saturated carbocycles. The van der Waals surface area contributed by atoms with Gasteiger partial charge in [0, 0.05) is 18.5 Å². The SMILES string of the molecule is O=[N+]([O-])c1ccccc1SNc1ncccn1. The van der Waals surface area contributed by atoms with Crippen LogP contribution < -0.4 is 4.72 Å². The van der Waals surface area contributed by atoms with Crippen LogP contribution in [0, 0.1) is 10.1 Å². The van der Waals surface area contributed by atoms with E-state index < -0.39 is 4.92 Å². The topological polar surface area (TPSA) is 81.0 Å². The van der Waals surface area contributed by atoms with Gasteiger partial charge in [-0.2, -0.15) is 0 Å². The van der Waals surface area contributed by atoms with Crippen molar-refractivity contribution < 1.29 is 4.92 Å². The number of hydrogen-bond acceptors (Lipinski definition) is 6. The van der Waals surface area contributed by atoms with Gasteiger partial charge in [-0.25, -0.2) is 9.97 Å². The van der Waals surface area contributed by atoms with Crippen LogP contribution in [-0.4, -0.2) is 14.9 Å². The highest BCUT2D eigenvalue weighted by molar-refractivity contribution is 8.00. The van der Waals surface area contributed by atoms with Crippen LogP contribution in [0.2, 0.25) is 0 Å². The number of nitrogens with one attached hydrogen (secondary N) is 1. The zero-order valence-electron chi connectivity index (χ0n) is 8.61. The maximum atomic E-state index is 10.8. The smallest absolute Gasteiger partial charge is 0.284 e. The number of aromatic nitrogens is 2. The molecule has 0 aliphatic carbocycles. The molecule has 1 aromatic heterocycles. The van der Waals surface area contributed by atoms with Crippen LogP contribution in [-0.2, 0) is 0 Å². The summed E-state index contributed by atoms with van der Waals surface area (Å²) in [5.74, 6) is 0.413. The molecule has 2 aromatic rings. The van der Waals surface area contributed by atoms with Crippen LogP contribution >= 0.6 is 11.9 Å². The van der Waals surface area contributed by atoms with E-state index in [1.165, 1.54) is 6.07 Å². The van der Waals surface area contributed by atoms with E-state index in [0.29, 0.717) is 10.8 Å². The molecule has 0 fully saturated rings. The Morgan fingerprint density at radius 1 is 1.18 bits per heavy atom.